The highest BCUT2D eigenvalue weighted by Crippen LogP contribution is 2.53. The molecule has 6 heteroatoms. The summed E-state index contributed by atoms with van der Waals surface area (Å²) in [5.74, 6) is -2.49. The Morgan fingerprint density at radius 2 is 2.13 bits per heavy atom. The fraction of sp³-hybridized carbons (Fsp3) is 0.412. The number of amides is 1. The van der Waals surface area contributed by atoms with Crippen LogP contribution < -0.4 is 0 Å². The van der Waals surface area contributed by atoms with Crippen LogP contribution in [0.1, 0.15) is 18.5 Å². The van der Waals surface area contributed by atoms with Crippen molar-refractivity contribution >= 4 is 27.8 Å². The van der Waals surface area contributed by atoms with Crippen LogP contribution in [0.15, 0.2) is 40.9 Å². The number of carboxylic acids is 1. The number of aliphatic carboxylic acids is 1. The highest BCUT2D eigenvalue weighted by Gasteiger charge is 2.67. The number of carbonyl (C=O) groups excluding carboxylic acids is 1. The lowest BCUT2D eigenvalue weighted by Crippen LogP contribution is -2.39. The minimum atomic E-state index is -0.960. The van der Waals surface area contributed by atoms with Crippen LogP contribution in [0.5, 0.6) is 0 Å². The Kier molecular flexibility index (Phi) is 3.19. The van der Waals surface area contributed by atoms with Crippen molar-refractivity contribution in [1.82, 2.24) is 4.90 Å². The van der Waals surface area contributed by atoms with Crippen LogP contribution in [-0.2, 0) is 14.3 Å². The number of likely N-dealkylation sites (tertiary alicyclic amines) is 1. The predicted octanol–water partition coefficient (Wildman–Crippen LogP) is 2.38. The van der Waals surface area contributed by atoms with E-state index in [4.69, 9.17) is 4.74 Å². The number of hydrogen-bond donors (Lipinski definition) is 1. The second-order valence-electron chi connectivity index (χ2n) is 6.43. The second-order valence-corrected chi connectivity index (χ2v) is 7.35. The molecule has 5 nitrogen and oxygen atoms in total. The van der Waals surface area contributed by atoms with Crippen molar-refractivity contribution in [1.29, 1.82) is 0 Å². The second kappa shape index (κ2) is 4.92. The molecule has 3 heterocycles. The summed E-state index contributed by atoms with van der Waals surface area (Å²) in [6, 6.07) is 7.69. The third-order valence-corrected chi connectivity index (χ3v) is 5.76. The van der Waals surface area contributed by atoms with E-state index in [1.165, 1.54) is 0 Å². The zero-order chi connectivity index (χ0) is 16.4. The molecule has 1 aromatic rings. The number of hydrogen-bond acceptors (Lipinski definition) is 3. The number of carboxylic acid groups (broad SMARTS) is 1. The topological polar surface area (TPSA) is 66.8 Å². The minimum absolute atomic E-state index is 0.124. The SMILES string of the molecule is C[C@H](c1ccc(Br)cc1)N1C[C@@]23C=C[C@@H](O2)[C@H](C(=O)O)[C@H]3C1=O. The van der Waals surface area contributed by atoms with Gasteiger partial charge in [0.05, 0.1) is 24.6 Å². The van der Waals surface area contributed by atoms with E-state index >= 15 is 0 Å². The number of ether oxygens (including phenoxy) is 1. The highest BCUT2D eigenvalue weighted by atomic mass is 79.9. The Balaban J connectivity index is 1.66. The van der Waals surface area contributed by atoms with Gasteiger partial charge in [-0.05, 0) is 24.6 Å². The first-order chi connectivity index (χ1) is 10.9. The van der Waals surface area contributed by atoms with Gasteiger partial charge >= 0.3 is 5.97 Å². The molecule has 1 N–H and O–H groups in total. The molecule has 2 fully saturated rings. The summed E-state index contributed by atoms with van der Waals surface area (Å²) in [4.78, 5) is 26.2. The Hall–Kier alpha value is -1.66. The van der Waals surface area contributed by atoms with Crippen molar-refractivity contribution in [2.24, 2.45) is 11.8 Å². The van der Waals surface area contributed by atoms with E-state index in [9.17, 15) is 14.7 Å². The molecule has 120 valence electrons. The lowest BCUT2D eigenvalue weighted by molar-refractivity contribution is -0.148. The molecule has 1 aromatic carbocycles. The van der Waals surface area contributed by atoms with Gasteiger partial charge in [0.2, 0.25) is 5.91 Å². The third kappa shape index (κ3) is 2.01. The smallest absolute Gasteiger partial charge is 0.310 e. The molecule has 1 spiro atoms. The Morgan fingerprint density at radius 1 is 1.43 bits per heavy atom. The Labute approximate surface area is 142 Å². The van der Waals surface area contributed by atoms with Crippen molar-refractivity contribution in [3.63, 3.8) is 0 Å². The molecule has 0 radical (unpaired) electrons. The van der Waals surface area contributed by atoms with Gasteiger partial charge in [-0.2, -0.15) is 0 Å². The standard InChI is InChI=1S/C17H16BrNO4/c1-9(10-2-4-11(18)5-3-10)19-8-17-7-6-12(23-17)13(16(21)22)14(17)15(19)20/h2-7,9,12-14H,8H2,1H3,(H,21,22)/t9-,12-,13+,14+,17-/m1/s1. The number of rotatable bonds is 3. The van der Waals surface area contributed by atoms with E-state index in [2.05, 4.69) is 15.9 Å². The molecule has 4 rings (SSSR count). The quantitative estimate of drug-likeness (QED) is 0.821. The normalized spacial score (nSPS) is 35.7. The fourth-order valence-corrected chi connectivity index (χ4v) is 4.32. The maximum Gasteiger partial charge on any atom is 0.310 e. The molecule has 0 aromatic heterocycles. The van der Waals surface area contributed by atoms with Crippen molar-refractivity contribution < 1.29 is 19.4 Å². The van der Waals surface area contributed by atoms with Crippen LogP contribution >= 0.6 is 15.9 Å². The van der Waals surface area contributed by atoms with Crippen molar-refractivity contribution in [2.75, 3.05) is 6.54 Å². The molecule has 0 saturated carbocycles. The zero-order valence-corrected chi connectivity index (χ0v) is 14.1. The van der Waals surface area contributed by atoms with Crippen LogP contribution in [0.3, 0.4) is 0 Å². The van der Waals surface area contributed by atoms with Gasteiger partial charge < -0.3 is 14.7 Å². The van der Waals surface area contributed by atoms with Crippen molar-refractivity contribution in [2.45, 2.75) is 24.7 Å². The summed E-state index contributed by atoms with van der Waals surface area (Å²) >= 11 is 3.40. The van der Waals surface area contributed by atoms with Gasteiger partial charge in [0.25, 0.3) is 0 Å². The molecule has 5 atom stereocenters. The maximum absolute atomic E-state index is 12.9. The van der Waals surface area contributed by atoms with Gasteiger partial charge in [0, 0.05) is 4.47 Å². The summed E-state index contributed by atoms with van der Waals surface area (Å²) in [5, 5.41) is 9.48. The predicted molar refractivity (Wildman–Crippen MR) is 85.6 cm³/mol. The number of halogens is 1. The molecule has 23 heavy (non-hydrogen) atoms. The molecule has 0 unspecified atom stereocenters. The molecular formula is C17H16BrNO4. The van der Waals surface area contributed by atoms with E-state index in [1.807, 2.05) is 37.3 Å². The fourth-order valence-electron chi connectivity index (χ4n) is 4.06. The zero-order valence-electron chi connectivity index (χ0n) is 12.5. The molecular weight excluding hydrogens is 362 g/mol. The summed E-state index contributed by atoms with van der Waals surface area (Å²) in [7, 11) is 0. The van der Waals surface area contributed by atoms with E-state index < -0.39 is 29.5 Å². The Bertz CT molecular complexity index is 716. The van der Waals surface area contributed by atoms with Crippen LogP contribution in [-0.4, -0.2) is 40.1 Å². The van der Waals surface area contributed by atoms with Crippen LogP contribution in [0, 0.1) is 11.8 Å². The lowest BCUT2D eigenvalue weighted by atomic mass is 9.77. The molecule has 1 amide bonds. The van der Waals surface area contributed by atoms with Crippen molar-refractivity contribution in [3.8, 4) is 0 Å². The molecule has 2 saturated heterocycles. The van der Waals surface area contributed by atoms with Gasteiger partial charge in [0.15, 0.2) is 0 Å². The summed E-state index contributed by atoms with van der Waals surface area (Å²) < 4.78 is 6.88. The molecule has 3 aliphatic heterocycles. The highest BCUT2D eigenvalue weighted by molar-refractivity contribution is 9.10. The third-order valence-electron chi connectivity index (χ3n) is 5.23. The van der Waals surface area contributed by atoms with Crippen molar-refractivity contribution in [3.05, 3.63) is 46.5 Å². The lowest BCUT2D eigenvalue weighted by Gasteiger charge is -2.27. The van der Waals surface area contributed by atoms with Gasteiger partial charge in [0.1, 0.15) is 11.5 Å². The first kappa shape index (κ1) is 14.9. The molecule has 0 aliphatic carbocycles. The van der Waals surface area contributed by atoms with Gasteiger partial charge in [-0.25, -0.2) is 0 Å². The average molecular weight is 378 g/mol. The van der Waals surface area contributed by atoms with E-state index in [0.29, 0.717) is 6.54 Å². The maximum atomic E-state index is 12.9. The Morgan fingerprint density at radius 3 is 2.78 bits per heavy atom. The van der Waals surface area contributed by atoms with Gasteiger partial charge in [-0.1, -0.05) is 40.2 Å². The number of benzene rings is 1. The first-order valence-corrected chi connectivity index (χ1v) is 8.38. The summed E-state index contributed by atoms with van der Waals surface area (Å²) in [5.41, 5.74) is 0.248. The van der Waals surface area contributed by atoms with Gasteiger partial charge in [-0.3, -0.25) is 9.59 Å². The van der Waals surface area contributed by atoms with E-state index in [1.54, 1.807) is 11.0 Å². The average Bonchev–Trinajstić information content (AvgIpc) is 3.15. The number of carbonyl (C=O) groups is 2. The molecule has 3 aliphatic rings. The summed E-state index contributed by atoms with van der Waals surface area (Å²) in [6.07, 6.45) is 3.19. The number of fused-ring (bicyclic) bond motifs is 1. The van der Waals surface area contributed by atoms with Crippen LogP contribution in [0.4, 0.5) is 0 Å². The van der Waals surface area contributed by atoms with E-state index in [0.717, 1.165) is 10.0 Å². The minimum Gasteiger partial charge on any atom is -0.481 e. The monoisotopic (exact) mass is 377 g/mol. The molecule has 2 bridgehead atoms. The van der Waals surface area contributed by atoms with Crippen LogP contribution in [0.25, 0.3) is 0 Å². The summed E-state index contributed by atoms with van der Waals surface area (Å²) in [6.45, 7) is 2.37. The van der Waals surface area contributed by atoms with Crippen LogP contribution in [0.2, 0.25) is 0 Å². The first-order valence-electron chi connectivity index (χ1n) is 7.59. The van der Waals surface area contributed by atoms with E-state index in [-0.39, 0.29) is 11.9 Å². The van der Waals surface area contributed by atoms with Gasteiger partial charge in [-0.15, -0.1) is 0 Å². The number of nitrogens with zero attached hydrogens (tertiary/aromatic N) is 1. The largest absolute Gasteiger partial charge is 0.481 e.